The average Bonchev–Trinajstić information content (AvgIpc) is 2.94. The summed E-state index contributed by atoms with van der Waals surface area (Å²) in [6.45, 7) is 4.30. The minimum atomic E-state index is 0.383. The smallest absolute Gasteiger partial charge is 0.229 e. The van der Waals surface area contributed by atoms with Crippen LogP contribution in [0.5, 0.6) is 0 Å². The largest absolute Gasteiger partial charge is 0.324 e. The van der Waals surface area contributed by atoms with E-state index in [1.165, 1.54) is 16.8 Å². The Labute approximate surface area is 156 Å². The molecule has 3 aromatic rings. The van der Waals surface area contributed by atoms with Crippen LogP contribution in [0.3, 0.4) is 0 Å². The number of anilines is 4. The van der Waals surface area contributed by atoms with Crippen molar-refractivity contribution in [2.75, 3.05) is 10.2 Å². The summed E-state index contributed by atoms with van der Waals surface area (Å²) in [4.78, 5) is 11.4. The summed E-state index contributed by atoms with van der Waals surface area (Å²) in [5.41, 5.74) is 4.76. The zero-order valence-electron chi connectivity index (χ0n) is 14.2. The van der Waals surface area contributed by atoms with Crippen LogP contribution < -0.4 is 10.2 Å². The lowest BCUT2D eigenvalue weighted by Crippen LogP contribution is -2.25. The molecule has 126 valence electrons. The Morgan fingerprint density at radius 2 is 2.00 bits per heavy atom. The van der Waals surface area contributed by atoms with E-state index in [1.54, 1.807) is 0 Å². The number of hydrogen-bond donors (Lipinski definition) is 1. The predicted octanol–water partition coefficient (Wildman–Crippen LogP) is 5.37. The molecule has 4 nitrogen and oxygen atoms in total. The Balaban J connectivity index is 1.65. The van der Waals surface area contributed by atoms with E-state index in [2.05, 4.69) is 75.3 Å². The van der Waals surface area contributed by atoms with Crippen molar-refractivity contribution in [3.63, 3.8) is 0 Å². The van der Waals surface area contributed by atoms with E-state index in [4.69, 9.17) is 4.98 Å². The van der Waals surface area contributed by atoms with Crippen LogP contribution in [0.1, 0.15) is 18.1 Å². The van der Waals surface area contributed by atoms with E-state index in [1.807, 2.05) is 24.4 Å². The number of aromatic nitrogens is 2. The standard InChI is InChI=1S/C20H19BrN4/c1-13-7-8-16(12-17(13)21)23-20-22-10-9-19(24-20)25-14(2)11-15-5-3-4-6-18(15)25/h3-10,12,14H,11H2,1-2H3,(H,22,23,24). The molecule has 0 spiro atoms. The lowest BCUT2D eigenvalue weighted by atomic mass is 10.1. The number of aryl methyl sites for hydroxylation is 1. The number of fused-ring (bicyclic) bond motifs is 1. The fourth-order valence-corrected chi connectivity index (χ4v) is 3.64. The van der Waals surface area contributed by atoms with Gasteiger partial charge in [0.15, 0.2) is 0 Å². The van der Waals surface area contributed by atoms with Gasteiger partial charge in [0.05, 0.1) is 0 Å². The molecule has 0 aliphatic carbocycles. The van der Waals surface area contributed by atoms with Crippen LogP contribution in [0, 0.1) is 6.92 Å². The molecule has 1 aliphatic rings. The topological polar surface area (TPSA) is 41.1 Å². The molecule has 0 bridgehead atoms. The molecule has 0 radical (unpaired) electrons. The van der Waals surface area contributed by atoms with Gasteiger partial charge in [0, 0.05) is 28.1 Å². The molecule has 0 saturated heterocycles. The highest BCUT2D eigenvalue weighted by atomic mass is 79.9. The second-order valence-corrected chi connectivity index (χ2v) is 7.23. The van der Waals surface area contributed by atoms with Gasteiger partial charge in [0.2, 0.25) is 5.95 Å². The summed E-state index contributed by atoms with van der Waals surface area (Å²) in [5.74, 6) is 1.52. The van der Waals surface area contributed by atoms with Crippen LogP contribution in [0.15, 0.2) is 59.2 Å². The molecule has 1 N–H and O–H groups in total. The highest BCUT2D eigenvalue weighted by Crippen LogP contribution is 2.37. The van der Waals surface area contributed by atoms with E-state index in [9.17, 15) is 0 Å². The minimum Gasteiger partial charge on any atom is -0.324 e. The molecule has 2 aromatic carbocycles. The fraction of sp³-hybridized carbons (Fsp3) is 0.200. The van der Waals surface area contributed by atoms with Gasteiger partial charge in [0.25, 0.3) is 0 Å². The van der Waals surface area contributed by atoms with Crippen LogP contribution in [-0.2, 0) is 6.42 Å². The number of benzene rings is 2. The fourth-order valence-electron chi connectivity index (χ4n) is 3.26. The summed E-state index contributed by atoms with van der Waals surface area (Å²) < 4.78 is 1.07. The first-order valence-electron chi connectivity index (χ1n) is 8.35. The quantitative estimate of drug-likeness (QED) is 0.647. The predicted molar refractivity (Wildman–Crippen MR) is 106 cm³/mol. The summed E-state index contributed by atoms with van der Waals surface area (Å²) in [7, 11) is 0. The van der Waals surface area contributed by atoms with Gasteiger partial charge in [-0.05, 0) is 55.7 Å². The second-order valence-electron chi connectivity index (χ2n) is 6.38. The molecule has 1 aliphatic heterocycles. The number of hydrogen-bond acceptors (Lipinski definition) is 4. The minimum absolute atomic E-state index is 0.383. The van der Waals surface area contributed by atoms with Crippen molar-refractivity contribution >= 4 is 39.1 Å². The molecular formula is C20H19BrN4. The Morgan fingerprint density at radius 1 is 1.16 bits per heavy atom. The third-order valence-corrected chi connectivity index (χ3v) is 5.38. The molecule has 1 unspecified atom stereocenters. The molecule has 2 heterocycles. The third-order valence-electron chi connectivity index (χ3n) is 4.52. The van der Waals surface area contributed by atoms with Crippen molar-refractivity contribution in [3.05, 3.63) is 70.3 Å². The maximum atomic E-state index is 4.74. The van der Waals surface area contributed by atoms with E-state index in [0.717, 1.165) is 22.4 Å². The molecule has 4 rings (SSSR count). The molecule has 5 heteroatoms. The van der Waals surface area contributed by atoms with Crippen LogP contribution in [-0.4, -0.2) is 16.0 Å². The van der Waals surface area contributed by atoms with E-state index < -0.39 is 0 Å². The zero-order chi connectivity index (χ0) is 17.4. The van der Waals surface area contributed by atoms with Crippen LogP contribution in [0.2, 0.25) is 0 Å². The SMILES string of the molecule is Cc1ccc(Nc2nccc(N3c4ccccc4CC3C)n2)cc1Br. The Kier molecular flexibility index (Phi) is 4.17. The number of nitrogens with zero attached hydrogens (tertiary/aromatic N) is 3. The van der Waals surface area contributed by atoms with Crippen molar-refractivity contribution in [2.24, 2.45) is 0 Å². The maximum Gasteiger partial charge on any atom is 0.229 e. The zero-order valence-corrected chi connectivity index (χ0v) is 15.8. The van der Waals surface area contributed by atoms with Gasteiger partial charge in [-0.2, -0.15) is 4.98 Å². The molecule has 0 saturated carbocycles. The summed E-state index contributed by atoms with van der Waals surface area (Å²) in [5, 5.41) is 3.30. The lowest BCUT2D eigenvalue weighted by Gasteiger charge is -2.24. The molecular weight excluding hydrogens is 376 g/mol. The molecule has 1 atom stereocenters. The molecule has 0 fully saturated rings. The molecule has 25 heavy (non-hydrogen) atoms. The number of rotatable bonds is 3. The van der Waals surface area contributed by atoms with Crippen molar-refractivity contribution < 1.29 is 0 Å². The third kappa shape index (κ3) is 3.12. The average molecular weight is 395 g/mol. The molecule has 0 amide bonds. The monoisotopic (exact) mass is 394 g/mol. The number of nitrogens with one attached hydrogen (secondary N) is 1. The van der Waals surface area contributed by atoms with Crippen molar-refractivity contribution in [2.45, 2.75) is 26.3 Å². The van der Waals surface area contributed by atoms with Gasteiger partial charge >= 0.3 is 0 Å². The van der Waals surface area contributed by atoms with Gasteiger partial charge in [-0.25, -0.2) is 4.98 Å². The first kappa shape index (κ1) is 16.1. The first-order valence-corrected chi connectivity index (χ1v) is 9.14. The van der Waals surface area contributed by atoms with Crippen molar-refractivity contribution in [1.82, 2.24) is 9.97 Å². The Hall–Kier alpha value is -2.40. The van der Waals surface area contributed by atoms with Gasteiger partial charge < -0.3 is 10.2 Å². The highest BCUT2D eigenvalue weighted by molar-refractivity contribution is 9.10. The van der Waals surface area contributed by atoms with Crippen molar-refractivity contribution in [1.29, 1.82) is 0 Å². The lowest BCUT2D eigenvalue weighted by molar-refractivity contribution is 0.749. The van der Waals surface area contributed by atoms with Gasteiger partial charge in [-0.3, -0.25) is 0 Å². The second kappa shape index (κ2) is 6.48. The van der Waals surface area contributed by atoms with Gasteiger partial charge in [0.1, 0.15) is 5.82 Å². The van der Waals surface area contributed by atoms with E-state index in [-0.39, 0.29) is 0 Å². The molecule has 1 aromatic heterocycles. The summed E-state index contributed by atoms with van der Waals surface area (Å²) in [6, 6.07) is 17.0. The van der Waals surface area contributed by atoms with Crippen LogP contribution in [0.4, 0.5) is 23.1 Å². The number of para-hydroxylation sites is 1. The number of halogens is 1. The van der Waals surface area contributed by atoms with Gasteiger partial charge in [-0.1, -0.05) is 40.2 Å². The van der Waals surface area contributed by atoms with Crippen LogP contribution in [0.25, 0.3) is 0 Å². The Morgan fingerprint density at radius 3 is 2.84 bits per heavy atom. The summed E-state index contributed by atoms with van der Waals surface area (Å²) in [6.07, 6.45) is 2.84. The first-order chi connectivity index (χ1) is 12.1. The van der Waals surface area contributed by atoms with E-state index >= 15 is 0 Å². The normalized spacial score (nSPS) is 16.0. The highest BCUT2D eigenvalue weighted by Gasteiger charge is 2.27. The van der Waals surface area contributed by atoms with Crippen molar-refractivity contribution in [3.8, 4) is 0 Å². The Bertz CT molecular complexity index is 925. The van der Waals surface area contributed by atoms with Gasteiger partial charge in [-0.15, -0.1) is 0 Å². The van der Waals surface area contributed by atoms with E-state index in [0.29, 0.717) is 12.0 Å². The van der Waals surface area contributed by atoms with Crippen LogP contribution >= 0.6 is 15.9 Å². The summed E-state index contributed by atoms with van der Waals surface area (Å²) >= 11 is 3.56. The maximum absolute atomic E-state index is 4.74.